The van der Waals surface area contributed by atoms with Gasteiger partial charge in [0.2, 0.25) is 5.91 Å². The predicted molar refractivity (Wildman–Crippen MR) is 84.2 cm³/mol. The van der Waals surface area contributed by atoms with Crippen LogP contribution in [0.5, 0.6) is 0 Å². The number of hydrogen-bond donors (Lipinski definition) is 0. The number of fused-ring (bicyclic) bond motifs is 1. The number of esters is 1. The van der Waals surface area contributed by atoms with Gasteiger partial charge in [0.05, 0.1) is 35.9 Å². The molecule has 23 heavy (non-hydrogen) atoms. The Morgan fingerprint density at radius 3 is 3.00 bits per heavy atom. The van der Waals surface area contributed by atoms with Gasteiger partial charge < -0.3 is 14.4 Å². The summed E-state index contributed by atoms with van der Waals surface area (Å²) in [6.07, 6.45) is 3.39. The molecule has 0 N–H and O–H groups in total. The van der Waals surface area contributed by atoms with Crippen LogP contribution in [0.3, 0.4) is 0 Å². The Hall–Kier alpha value is -1.85. The normalized spacial score (nSPS) is 34.1. The number of benzene rings is 1. The van der Waals surface area contributed by atoms with Crippen molar-refractivity contribution in [1.29, 1.82) is 0 Å². The number of amides is 1. The standard InChI is InChI=1S/C17H16ClNO4/c1-2-22-16(21)13-12-7-8-17(23-12)9-19(15(20)14(13)17)11-6-4-3-5-10(11)18/h3-8,12-14H,2,9H2,1H3/t12-,13+,14+,17-/m0/s1. The topological polar surface area (TPSA) is 55.8 Å². The van der Waals surface area contributed by atoms with Crippen molar-refractivity contribution < 1.29 is 19.1 Å². The van der Waals surface area contributed by atoms with E-state index in [2.05, 4.69) is 0 Å². The fourth-order valence-electron chi connectivity index (χ4n) is 3.88. The number of carbonyl (C=O) groups excluding carboxylic acids is 2. The maximum Gasteiger partial charge on any atom is 0.312 e. The fraction of sp³-hybridized carbons (Fsp3) is 0.412. The zero-order valence-corrected chi connectivity index (χ0v) is 13.3. The molecule has 3 heterocycles. The summed E-state index contributed by atoms with van der Waals surface area (Å²) in [4.78, 5) is 26.9. The second-order valence-corrected chi connectivity index (χ2v) is 6.44. The summed E-state index contributed by atoms with van der Waals surface area (Å²) >= 11 is 6.23. The zero-order chi connectivity index (χ0) is 16.2. The quantitative estimate of drug-likeness (QED) is 0.628. The van der Waals surface area contributed by atoms with Crippen LogP contribution in [0, 0.1) is 11.8 Å². The number of rotatable bonds is 3. The zero-order valence-electron chi connectivity index (χ0n) is 12.6. The highest BCUT2D eigenvalue weighted by atomic mass is 35.5. The van der Waals surface area contributed by atoms with Crippen LogP contribution in [-0.4, -0.2) is 36.7 Å². The molecule has 1 aromatic rings. The first-order valence-electron chi connectivity index (χ1n) is 7.67. The summed E-state index contributed by atoms with van der Waals surface area (Å²) in [5.74, 6) is -1.64. The van der Waals surface area contributed by atoms with Crippen LogP contribution in [0.4, 0.5) is 5.69 Å². The monoisotopic (exact) mass is 333 g/mol. The van der Waals surface area contributed by atoms with Crippen molar-refractivity contribution in [3.05, 3.63) is 41.4 Å². The first-order valence-corrected chi connectivity index (χ1v) is 8.05. The summed E-state index contributed by atoms with van der Waals surface area (Å²) < 4.78 is 11.2. The van der Waals surface area contributed by atoms with Gasteiger partial charge in [-0.2, -0.15) is 0 Å². The van der Waals surface area contributed by atoms with E-state index < -0.39 is 17.4 Å². The molecule has 2 saturated heterocycles. The average molecular weight is 334 g/mol. The maximum atomic E-state index is 13.0. The van der Waals surface area contributed by atoms with Crippen LogP contribution in [0.25, 0.3) is 0 Å². The van der Waals surface area contributed by atoms with Crippen molar-refractivity contribution in [2.45, 2.75) is 18.6 Å². The van der Waals surface area contributed by atoms with E-state index in [1.165, 1.54) is 0 Å². The number of carbonyl (C=O) groups is 2. The van der Waals surface area contributed by atoms with Crippen molar-refractivity contribution in [3.8, 4) is 0 Å². The van der Waals surface area contributed by atoms with Gasteiger partial charge in [0, 0.05) is 0 Å². The number of halogens is 1. The third-order valence-corrected chi connectivity index (χ3v) is 5.12. The molecule has 1 amide bonds. The largest absolute Gasteiger partial charge is 0.466 e. The third-order valence-electron chi connectivity index (χ3n) is 4.80. The summed E-state index contributed by atoms with van der Waals surface area (Å²) in [5, 5.41) is 0.503. The second kappa shape index (κ2) is 5.08. The highest BCUT2D eigenvalue weighted by Crippen LogP contribution is 2.53. The first-order chi connectivity index (χ1) is 11.1. The van der Waals surface area contributed by atoms with Crippen LogP contribution in [0.2, 0.25) is 5.02 Å². The summed E-state index contributed by atoms with van der Waals surface area (Å²) in [6, 6.07) is 7.19. The van der Waals surface area contributed by atoms with E-state index in [1.54, 1.807) is 24.0 Å². The molecule has 2 bridgehead atoms. The van der Waals surface area contributed by atoms with Gasteiger partial charge in [-0.1, -0.05) is 35.9 Å². The molecule has 0 aromatic heterocycles. The molecule has 0 unspecified atom stereocenters. The highest BCUT2D eigenvalue weighted by molar-refractivity contribution is 6.34. The minimum Gasteiger partial charge on any atom is -0.466 e. The van der Waals surface area contributed by atoms with Gasteiger partial charge in [-0.15, -0.1) is 0 Å². The third kappa shape index (κ3) is 1.96. The second-order valence-electron chi connectivity index (χ2n) is 6.03. The van der Waals surface area contributed by atoms with Gasteiger partial charge in [0.1, 0.15) is 11.5 Å². The molecule has 4 atom stereocenters. The molecular formula is C17H16ClNO4. The van der Waals surface area contributed by atoms with Crippen LogP contribution in [0.1, 0.15) is 6.92 Å². The Morgan fingerprint density at radius 2 is 2.26 bits per heavy atom. The van der Waals surface area contributed by atoms with E-state index in [0.29, 0.717) is 17.3 Å². The van der Waals surface area contributed by atoms with Gasteiger partial charge in [0.25, 0.3) is 0 Å². The van der Waals surface area contributed by atoms with E-state index in [4.69, 9.17) is 21.1 Å². The number of ether oxygens (including phenoxy) is 2. The lowest BCUT2D eigenvalue weighted by Crippen LogP contribution is -2.40. The van der Waals surface area contributed by atoms with Gasteiger partial charge in [-0.05, 0) is 19.1 Å². The van der Waals surface area contributed by atoms with E-state index in [1.807, 2.05) is 24.3 Å². The van der Waals surface area contributed by atoms with Crippen molar-refractivity contribution in [2.75, 3.05) is 18.1 Å². The minimum atomic E-state index is -0.752. The lowest BCUT2D eigenvalue weighted by molar-refractivity contribution is -0.151. The van der Waals surface area contributed by atoms with Crippen molar-refractivity contribution in [3.63, 3.8) is 0 Å². The van der Waals surface area contributed by atoms with E-state index >= 15 is 0 Å². The number of para-hydroxylation sites is 1. The Morgan fingerprint density at radius 1 is 1.48 bits per heavy atom. The smallest absolute Gasteiger partial charge is 0.312 e. The molecule has 3 aliphatic rings. The molecule has 3 aliphatic heterocycles. The Labute approximate surface area is 138 Å². The maximum absolute atomic E-state index is 13.0. The van der Waals surface area contributed by atoms with Gasteiger partial charge in [-0.3, -0.25) is 9.59 Å². The number of anilines is 1. The lowest BCUT2D eigenvalue weighted by Gasteiger charge is -2.22. The molecular weight excluding hydrogens is 318 g/mol. The molecule has 0 aliphatic carbocycles. The predicted octanol–water partition coefficient (Wildman–Crippen LogP) is 2.19. The molecule has 5 nitrogen and oxygen atoms in total. The molecule has 1 aromatic carbocycles. The molecule has 2 fully saturated rings. The summed E-state index contributed by atoms with van der Waals surface area (Å²) in [5.41, 5.74) is -0.107. The first kappa shape index (κ1) is 14.7. The van der Waals surface area contributed by atoms with Gasteiger partial charge >= 0.3 is 5.97 Å². The Balaban J connectivity index is 1.71. The molecule has 120 valence electrons. The van der Waals surface area contributed by atoms with Crippen molar-refractivity contribution in [2.24, 2.45) is 11.8 Å². The van der Waals surface area contributed by atoms with Crippen LogP contribution >= 0.6 is 11.6 Å². The summed E-state index contributed by atoms with van der Waals surface area (Å²) in [6.45, 7) is 2.40. The van der Waals surface area contributed by atoms with Gasteiger partial charge in [0.15, 0.2) is 0 Å². The minimum absolute atomic E-state index is 0.136. The molecule has 0 radical (unpaired) electrons. The average Bonchev–Trinajstić information content (AvgIpc) is 3.16. The summed E-state index contributed by atoms with van der Waals surface area (Å²) in [7, 11) is 0. The molecule has 0 saturated carbocycles. The van der Waals surface area contributed by atoms with E-state index in [-0.39, 0.29) is 24.6 Å². The lowest BCUT2D eigenvalue weighted by atomic mass is 9.77. The van der Waals surface area contributed by atoms with Crippen LogP contribution in [-0.2, 0) is 19.1 Å². The number of nitrogens with zero attached hydrogens (tertiary/aromatic N) is 1. The molecule has 1 spiro atoms. The van der Waals surface area contributed by atoms with E-state index in [9.17, 15) is 9.59 Å². The number of hydrogen-bond acceptors (Lipinski definition) is 4. The molecule has 4 rings (SSSR count). The Bertz CT molecular complexity index is 718. The van der Waals surface area contributed by atoms with Crippen LogP contribution in [0.15, 0.2) is 36.4 Å². The fourth-order valence-corrected chi connectivity index (χ4v) is 4.12. The van der Waals surface area contributed by atoms with Gasteiger partial charge in [-0.25, -0.2) is 0 Å². The van der Waals surface area contributed by atoms with Crippen LogP contribution < -0.4 is 4.90 Å². The van der Waals surface area contributed by atoms with E-state index in [0.717, 1.165) is 0 Å². The SMILES string of the molecule is CCOC(=O)[C@@H]1[C@@H]2C=C[C@@]3(CN(c4ccccc4Cl)C(=O)[C@@H]13)O2. The Kier molecular flexibility index (Phi) is 3.25. The van der Waals surface area contributed by atoms with Crippen molar-refractivity contribution >= 4 is 29.2 Å². The molecule has 6 heteroatoms. The van der Waals surface area contributed by atoms with Crippen molar-refractivity contribution in [1.82, 2.24) is 0 Å². The highest BCUT2D eigenvalue weighted by Gasteiger charge is 2.67.